The number of para-hydroxylation sites is 2. The van der Waals surface area contributed by atoms with Crippen LogP contribution in [-0.2, 0) is 0 Å². The number of amides is 2. The van der Waals surface area contributed by atoms with Crippen LogP contribution >= 0.6 is 0 Å². The van der Waals surface area contributed by atoms with Gasteiger partial charge in [-0.15, -0.1) is 0 Å². The van der Waals surface area contributed by atoms with Crippen molar-refractivity contribution in [1.82, 2.24) is 9.80 Å². The quantitative estimate of drug-likeness (QED) is 0.559. The number of carbonyl (C=O) groups excluding carboxylic acids is 1. The average molecular weight is 457 g/mol. The fraction of sp³-hybridized carbons (Fsp3) is 0.259. The average Bonchev–Trinajstić information content (AvgIpc) is 3.20. The van der Waals surface area contributed by atoms with Crippen LogP contribution in [0.2, 0.25) is 0 Å². The van der Waals surface area contributed by atoms with Gasteiger partial charge in [-0.25, -0.2) is 9.79 Å². The summed E-state index contributed by atoms with van der Waals surface area (Å²) in [6.45, 7) is 4.76. The van der Waals surface area contributed by atoms with Gasteiger partial charge in [0.05, 0.1) is 12.7 Å². The molecule has 3 aromatic rings. The summed E-state index contributed by atoms with van der Waals surface area (Å²) in [5.74, 6) is 3.04. The maximum Gasteiger partial charge on any atom is 0.321 e. The molecule has 1 N–H and O–H groups in total. The molecule has 3 aromatic carbocycles. The van der Waals surface area contributed by atoms with E-state index in [2.05, 4.69) is 10.2 Å². The van der Waals surface area contributed by atoms with E-state index >= 15 is 0 Å². The van der Waals surface area contributed by atoms with Gasteiger partial charge in [-0.05, 0) is 55.8 Å². The number of rotatable bonds is 2. The Morgan fingerprint density at radius 1 is 0.971 bits per heavy atom. The second kappa shape index (κ2) is 9.47. The fourth-order valence-corrected chi connectivity index (χ4v) is 4.24. The minimum atomic E-state index is -0.0794. The Hall–Kier alpha value is -4.00. The van der Waals surface area contributed by atoms with Crippen LogP contribution in [0.4, 0.5) is 16.2 Å². The summed E-state index contributed by atoms with van der Waals surface area (Å²) in [4.78, 5) is 22.0. The van der Waals surface area contributed by atoms with E-state index in [1.165, 1.54) is 0 Å². The van der Waals surface area contributed by atoms with Crippen molar-refractivity contribution in [2.24, 2.45) is 4.99 Å². The highest BCUT2D eigenvalue weighted by atomic mass is 16.5. The van der Waals surface area contributed by atoms with Gasteiger partial charge in [0, 0.05) is 31.9 Å². The molecular formula is C27H28N4O3. The Bertz CT molecular complexity index is 1220. The molecule has 1 saturated heterocycles. The largest absolute Gasteiger partial charge is 0.497 e. The number of methoxy groups -OCH3 is 1. The second-order valence-corrected chi connectivity index (χ2v) is 8.49. The summed E-state index contributed by atoms with van der Waals surface area (Å²) in [5.41, 5.74) is 3.63. The molecule has 2 heterocycles. The number of anilines is 1. The molecule has 2 aliphatic rings. The van der Waals surface area contributed by atoms with Crippen LogP contribution < -0.4 is 14.8 Å². The molecule has 34 heavy (non-hydrogen) atoms. The SMILES string of the molecule is COc1ccc2c(c1)C(N1CCCN(C(=O)Nc3ccc(C)cc3)CC1)=Nc1ccccc1O2. The summed E-state index contributed by atoms with van der Waals surface area (Å²) in [6, 6.07) is 21.3. The maximum atomic E-state index is 12.9. The van der Waals surface area contributed by atoms with Crippen molar-refractivity contribution in [3.8, 4) is 17.2 Å². The lowest BCUT2D eigenvalue weighted by molar-refractivity contribution is 0.214. The van der Waals surface area contributed by atoms with E-state index in [-0.39, 0.29) is 6.03 Å². The zero-order chi connectivity index (χ0) is 23.5. The van der Waals surface area contributed by atoms with E-state index in [9.17, 15) is 4.79 Å². The first kappa shape index (κ1) is 21.8. The number of ether oxygens (including phenoxy) is 2. The molecule has 7 heteroatoms. The van der Waals surface area contributed by atoms with Crippen LogP contribution in [0.3, 0.4) is 0 Å². The standard InChI is InChI=1S/C27H28N4O3/c1-19-8-10-20(11-9-19)28-27(32)31-15-5-14-30(16-17-31)26-22-18-21(33-2)12-13-24(22)34-25-7-4-3-6-23(25)29-26/h3-4,6-13,18H,5,14-17H2,1-2H3,(H,28,32). The topological polar surface area (TPSA) is 66.4 Å². The first-order chi connectivity index (χ1) is 16.6. The Kier molecular flexibility index (Phi) is 6.08. The van der Waals surface area contributed by atoms with Crippen molar-refractivity contribution in [3.05, 3.63) is 77.9 Å². The number of amidine groups is 1. The van der Waals surface area contributed by atoms with Crippen LogP contribution in [0.5, 0.6) is 17.2 Å². The number of aliphatic imine (C=N–C) groups is 1. The molecule has 5 rings (SSSR count). The number of nitrogens with zero attached hydrogens (tertiary/aromatic N) is 3. The highest BCUT2D eigenvalue weighted by Gasteiger charge is 2.26. The second-order valence-electron chi connectivity index (χ2n) is 8.49. The smallest absolute Gasteiger partial charge is 0.321 e. The van der Waals surface area contributed by atoms with E-state index in [0.717, 1.165) is 58.6 Å². The lowest BCUT2D eigenvalue weighted by Gasteiger charge is -2.25. The number of hydrogen-bond donors (Lipinski definition) is 1. The normalized spacial score (nSPS) is 15.2. The van der Waals surface area contributed by atoms with Crippen molar-refractivity contribution in [2.75, 3.05) is 38.6 Å². The highest BCUT2D eigenvalue weighted by Crippen LogP contribution is 2.39. The summed E-state index contributed by atoms with van der Waals surface area (Å²) in [6.07, 6.45) is 0.835. The number of hydrogen-bond acceptors (Lipinski definition) is 5. The molecule has 0 radical (unpaired) electrons. The van der Waals surface area contributed by atoms with Gasteiger partial charge < -0.3 is 24.6 Å². The summed E-state index contributed by atoms with van der Waals surface area (Å²) < 4.78 is 11.7. The van der Waals surface area contributed by atoms with Crippen molar-refractivity contribution in [1.29, 1.82) is 0 Å². The lowest BCUT2D eigenvalue weighted by Crippen LogP contribution is -2.39. The van der Waals surface area contributed by atoms with Crippen LogP contribution in [0.1, 0.15) is 17.5 Å². The molecule has 1 fully saturated rings. The molecule has 174 valence electrons. The number of benzene rings is 3. The van der Waals surface area contributed by atoms with E-state index in [4.69, 9.17) is 14.5 Å². The molecule has 7 nitrogen and oxygen atoms in total. The Balaban J connectivity index is 1.39. The minimum Gasteiger partial charge on any atom is -0.497 e. The number of aryl methyl sites for hydroxylation is 1. The summed E-state index contributed by atoms with van der Waals surface area (Å²) in [7, 11) is 1.65. The summed E-state index contributed by atoms with van der Waals surface area (Å²) >= 11 is 0. The monoisotopic (exact) mass is 456 g/mol. The molecule has 0 aromatic heterocycles. The van der Waals surface area contributed by atoms with Gasteiger partial charge >= 0.3 is 6.03 Å². The molecule has 0 aliphatic carbocycles. The van der Waals surface area contributed by atoms with E-state index in [1.54, 1.807) is 7.11 Å². The van der Waals surface area contributed by atoms with E-state index in [0.29, 0.717) is 19.6 Å². The highest BCUT2D eigenvalue weighted by molar-refractivity contribution is 6.04. The maximum absolute atomic E-state index is 12.9. The van der Waals surface area contributed by atoms with Crippen LogP contribution in [-0.4, -0.2) is 55.0 Å². The number of urea groups is 1. The third-order valence-corrected chi connectivity index (χ3v) is 6.12. The zero-order valence-electron chi connectivity index (χ0n) is 19.5. The Morgan fingerprint density at radius 2 is 1.79 bits per heavy atom. The molecular weight excluding hydrogens is 428 g/mol. The molecule has 2 aliphatic heterocycles. The third-order valence-electron chi connectivity index (χ3n) is 6.12. The third kappa shape index (κ3) is 4.55. The molecule has 0 saturated carbocycles. The number of nitrogens with one attached hydrogen (secondary N) is 1. The van der Waals surface area contributed by atoms with Gasteiger partial charge in [0.2, 0.25) is 0 Å². The zero-order valence-corrected chi connectivity index (χ0v) is 19.5. The van der Waals surface area contributed by atoms with E-state index < -0.39 is 0 Å². The van der Waals surface area contributed by atoms with E-state index in [1.807, 2.05) is 78.6 Å². The molecule has 0 unspecified atom stereocenters. The summed E-state index contributed by atoms with van der Waals surface area (Å²) in [5, 5.41) is 3.02. The number of fused-ring (bicyclic) bond motifs is 2. The molecule has 0 spiro atoms. The van der Waals surface area contributed by atoms with Crippen molar-refractivity contribution in [3.63, 3.8) is 0 Å². The van der Waals surface area contributed by atoms with Gasteiger partial charge in [-0.3, -0.25) is 0 Å². The molecule has 0 atom stereocenters. The molecule has 2 amide bonds. The van der Waals surface area contributed by atoms with Crippen LogP contribution in [0, 0.1) is 6.92 Å². The predicted molar refractivity (Wildman–Crippen MR) is 134 cm³/mol. The predicted octanol–water partition coefficient (Wildman–Crippen LogP) is 5.43. The molecule has 0 bridgehead atoms. The van der Waals surface area contributed by atoms with Crippen LogP contribution in [0.25, 0.3) is 0 Å². The minimum absolute atomic E-state index is 0.0794. The van der Waals surface area contributed by atoms with Gasteiger partial charge in [0.15, 0.2) is 5.75 Å². The van der Waals surface area contributed by atoms with Crippen molar-refractivity contribution >= 4 is 23.2 Å². The first-order valence-electron chi connectivity index (χ1n) is 11.5. The van der Waals surface area contributed by atoms with Crippen molar-refractivity contribution < 1.29 is 14.3 Å². The Labute approximate surface area is 199 Å². The fourth-order valence-electron chi connectivity index (χ4n) is 4.24. The van der Waals surface area contributed by atoms with Gasteiger partial charge in [0.1, 0.15) is 23.0 Å². The lowest BCUT2D eigenvalue weighted by atomic mass is 10.1. The first-order valence-corrected chi connectivity index (χ1v) is 11.5. The Morgan fingerprint density at radius 3 is 2.62 bits per heavy atom. The van der Waals surface area contributed by atoms with Gasteiger partial charge in [0.25, 0.3) is 0 Å². The van der Waals surface area contributed by atoms with Gasteiger partial charge in [-0.1, -0.05) is 29.8 Å². The van der Waals surface area contributed by atoms with Crippen molar-refractivity contribution in [2.45, 2.75) is 13.3 Å². The van der Waals surface area contributed by atoms with Crippen LogP contribution in [0.15, 0.2) is 71.7 Å². The van der Waals surface area contributed by atoms with Gasteiger partial charge in [-0.2, -0.15) is 0 Å². The number of carbonyl (C=O) groups is 1.